The lowest BCUT2D eigenvalue weighted by Gasteiger charge is -2.21. The van der Waals surface area contributed by atoms with E-state index in [0.29, 0.717) is 16.5 Å². The smallest absolute Gasteiger partial charge is 0.146 e. The molecule has 0 fully saturated rings. The largest absolute Gasteiger partial charge is 0.496 e. The molecule has 2 aromatic rings. The van der Waals surface area contributed by atoms with Crippen molar-refractivity contribution in [1.29, 1.82) is 0 Å². The van der Waals surface area contributed by atoms with Gasteiger partial charge >= 0.3 is 0 Å². The summed E-state index contributed by atoms with van der Waals surface area (Å²) in [5.41, 5.74) is 1.11. The van der Waals surface area contributed by atoms with Gasteiger partial charge in [-0.2, -0.15) is 0 Å². The molecule has 1 N–H and O–H groups in total. The van der Waals surface area contributed by atoms with Crippen molar-refractivity contribution in [2.45, 2.75) is 19.4 Å². The summed E-state index contributed by atoms with van der Waals surface area (Å²) in [7, 11) is 1.58. The maximum Gasteiger partial charge on any atom is 0.146 e. The second kappa shape index (κ2) is 7.38. The van der Waals surface area contributed by atoms with Gasteiger partial charge in [0.15, 0.2) is 0 Å². The van der Waals surface area contributed by atoms with E-state index >= 15 is 0 Å². The molecule has 21 heavy (non-hydrogen) atoms. The first-order chi connectivity index (χ1) is 10.2. The number of halogens is 2. The fraction of sp³-hybridized carbons (Fsp3) is 0.312. The predicted molar refractivity (Wildman–Crippen MR) is 82.3 cm³/mol. The third-order valence-electron chi connectivity index (χ3n) is 3.16. The predicted octanol–water partition coefficient (Wildman–Crippen LogP) is 3.97. The van der Waals surface area contributed by atoms with Gasteiger partial charge in [-0.1, -0.05) is 18.5 Å². The first-order valence-electron chi connectivity index (χ1n) is 6.84. The first-order valence-corrected chi connectivity index (χ1v) is 7.22. The molecule has 2 rings (SSSR count). The van der Waals surface area contributed by atoms with E-state index in [1.165, 1.54) is 6.07 Å². The van der Waals surface area contributed by atoms with Gasteiger partial charge in [0.1, 0.15) is 11.6 Å². The quantitative estimate of drug-likeness (QED) is 0.876. The van der Waals surface area contributed by atoms with E-state index in [-0.39, 0.29) is 5.82 Å². The van der Waals surface area contributed by atoms with Gasteiger partial charge in [-0.3, -0.25) is 4.98 Å². The molecular formula is C16H18ClFN2O. The lowest BCUT2D eigenvalue weighted by molar-refractivity contribution is 0.402. The zero-order valence-corrected chi connectivity index (χ0v) is 12.8. The molecule has 0 spiro atoms. The van der Waals surface area contributed by atoms with Crippen LogP contribution in [0.3, 0.4) is 0 Å². The minimum absolute atomic E-state index is 0.339. The summed E-state index contributed by atoms with van der Waals surface area (Å²) < 4.78 is 19.5. The lowest BCUT2D eigenvalue weighted by Crippen LogP contribution is -2.25. The Morgan fingerprint density at radius 1 is 1.38 bits per heavy atom. The maximum atomic E-state index is 14.1. The molecule has 0 amide bonds. The number of ether oxygens (including phenoxy) is 1. The van der Waals surface area contributed by atoms with Crippen LogP contribution in [0.2, 0.25) is 5.02 Å². The van der Waals surface area contributed by atoms with Crippen molar-refractivity contribution in [3.8, 4) is 5.75 Å². The molecule has 1 unspecified atom stereocenters. The number of rotatable bonds is 6. The number of aromatic nitrogens is 1. The minimum atomic E-state index is -0.403. The van der Waals surface area contributed by atoms with Gasteiger partial charge in [0.2, 0.25) is 0 Å². The van der Waals surface area contributed by atoms with Gasteiger partial charge in [0.05, 0.1) is 18.8 Å². The molecule has 0 saturated carbocycles. The molecule has 0 aliphatic rings. The van der Waals surface area contributed by atoms with Gasteiger partial charge in [0, 0.05) is 16.8 Å². The first kappa shape index (κ1) is 15.7. The molecule has 5 heteroatoms. The molecule has 1 aromatic carbocycles. The fourth-order valence-electron chi connectivity index (χ4n) is 2.18. The number of hydrogen-bond acceptors (Lipinski definition) is 3. The van der Waals surface area contributed by atoms with E-state index < -0.39 is 6.04 Å². The highest BCUT2D eigenvalue weighted by Gasteiger charge is 2.22. The van der Waals surface area contributed by atoms with Crippen LogP contribution < -0.4 is 10.1 Å². The van der Waals surface area contributed by atoms with E-state index in [4.69, 9.17) is 16.3 Å². The number of nitrogens with one attached hydrogen (secondary N) is 1. The zero-order chi connectivity index (χ0) is 15.2. The molecule has 0 bridgehead atoms. The van der Waals surface area contributed by atoms with Crippen molar-refractivity contribution in [1.82, 2.24) is 10.3 Å². The van der Waals surface area contributed by atoms with Crippen molar-refractivity contribution in [3.63, 3.8) is 0 Å². The number of pyridine rings is 1. The molecule has 0 radical (unpaired) electrons. The second-order valence-corrected chi connectivity index (χ2v) is 5.08. The monoisotopic (exact) mass is 308 g/mol. The summed E-state index contributed by atoms with van der Waals surface area (Å²) in [6.45, 7) is 2.78. The highest BCUT2D eigenvalue weighted by atomic mass is 35.5. The van der Waals surface area contributed by atoms with Gasteiger partial charge in [0.25, 0.3) is 0 Å². The molecular weight excluding hydrogens is 291 g/mol. The molecule has 3 nitrogen and oxygen atoms in total. The van der Waals surface area contributed by atoms with Crippen LogP contribution in [0.15, 0.2) is 36.5 Å². The third-order valence-corrected chi connectivity index (χ3v) is 3.40. The van der Waals surface area contributed by atoms with E-state index in [1.807, 2.05) is 6.92 Å². The third kappa shape index (κ3) is 3.71. The minimum Gasteiger partial charge on any atom is -0.496 e. The molecule has 112 valence electrons. The van der Waals surface area contributed by atoms with E-state index in [9.17, 15) is 4.39 Å². The summed E-state index contributed by atoms with van der Waals surface area (Å²) >= 11 is 6.08. The number of benzene rings is 1. The molecule has 0 aliphatic carbocycles. The molecule has 1 heterocycles. The summed E-state index contributed by atoms with van der Waals surface area (Å²) in [4.78, 5) is 4.18. The summed E-state index contributed by atoms with van der Waals surface area (Å²) in [6.07, 6.45) is 2.50. The van der Waals surface area contributed by atoms with Crippen molar-refractivity contribution >= 4 is 11.6 Å². The Bertz CT molecular complexity index is 607. The SMILES string of the molecule is CCCNC(c1cc(Cl)ccc1OC)c1ncccc1F. The number of hydrogen-bond donors (Lipinski definition) is 1. The van der Waals surface area contributed by atoms with E-state index in [1.54, 1.807) is 37.6 Å². The highest BCUT2D eigenvalue weighted by molar-refractivity contribution is 6.30. The number of methoxy groups -OCH3 is 1. The van der Waals surface area contributed by atoms with Gasteiger partial charge < -0.3 is 10.1 Å². The van der Waals surface area contributed by atoms with Crippen molar-refractivity contribution < 1.29 is 9.13 Å². The maximum absolute atomic E-state index is 14.1. The van der Waals surface area contributed by atoms with Crippen LogP contribution in [-0.2, 0) is 0 Å². The standard InChI is InChI=1S/C16H18ClFN2O/c1-3-8-19-15(16-13(18)5-4-9-20-16)12-10-11(17)6-7-14(12)21-2/h4-7,9-10,15,19H,3,8H2,1-2H3. The lowest BCUT2D eigenvalue weighted by atomic mass is 10.0. The molecule has 1 aromatic heterocycles. The van der Waals surface area contributed by atoms with Crippen LogP contribution in [0, 0.1) is 5.82 Å². The van der Waals surface area contributed by atoms with Crippen LogP contribution >= 0.6 is 11.6 Å². The van der Waals surface area contributed by atoms with Crippen molar-refractivity contribution in [3.05, 3.63) is 58.6 Å². The normalized spacial score (nSPS) is 12.2. The fourth-order valence-corrected chi connectivity index (χ4v) is 2.36. The Balaban J connectivity index is 2.50. The molecule has 0 aliphatic heterocycles. The summed E-state index contributed by atoms with van der Waals surface area (Å²) in [5.74, 6) is 0.297. The van der Waals surface area contributed by atoms with Crippen LogP contribution in [0.25, 0.3) is 0 Å². The number of nitrogens with zero attached hydrogens (tertiary/aromatic N) is 1. The van der Waals surface area contributed by atoms with Crippen LogP contribution in [-0.4, -0.2) is 18.6 Å². The molecule has 0 saturated heterocycles. The Morgan fingerprint density at radius 3 is 2.86 bits per heavy atom. The van der Waals surface area contributed by atoms with E-state index in [2.05, 4.69) is 10.3 Å². The average molecular weight is 309 g/mol. The van der Waals surface area contributed by atoms with Crippen molar-refractivity contribution in [2.75, 3.05) is 13.7 Å². The zero-order valence-electron chi connectivity index (χ0n) is 12.1. The second-order valence-electron chi connectivity index (χ2n) is 4.64. The van der Waals surface area contributed by atoms with Gasteiger partial charge in [-0.05, 0) is 43.3 Å². The van der Waals surface area contributed by atoms with Crippen LogP contribution in [0.1, 0.15) is 30.6 Å². The van der Waals surface area contributed by atoms with Crippen LogP contribution in [0.4, 0.5) is 4.39 Å². The Hall–Kier alpha value is -1.65. The average Bonchev–Trinajstić information content (AvgIpc) is 2.49. The van der Waals surface area contributed by atoms with E-state index in [0.717, 1.165) is 18.5 Å². The van der Waals surface area contributed by atoms with Crippen molar-refractivity contribution in [2.24, 2.45) is 0 Å². The van der Waals surface area contributed by atoms with Crippen LogP contribution in [0.5, 0.6) is 5.75 Å². The molecule has 1 atom stereocenters. The Morgan fingerprint density at radius 2 is 2.19 bits per heavy atom. The van der Waals surface area contributed by atoms with Gasteiger partial charge in [-0.15, -0.1) is 0 Å². The topological polar surface area (TPSA) is 34.1 Å². The summed E-state index contributed by atoms with van der Waals surface area (Å²) in [5, 5.41) is 3.88. The highest BCUT2D eigenvalue weighted by Crippen LogP contribution is 2.32. The Kier molecular flexibility index (Phi) is 5.53. The van der Waals surface area contributed by atoms with Gasteiger partial charge in [-0.25, -0.2) is 4.39 Å². The Labute approximate surface area is 129 Å². The summed E-state index contributed by atoms with van der Waals surface area (Å²) in [6, 6.07) is 7.88.